The van der Waals surface area contributed by atoms with Crippen LogP contribution in [0.15, 0.2) is 72.4 Å². The van der Waals surface area contributed by atoms with Crippen LogP contribution in [0.2, 0.25) is 0 Å². The predicted molar refractivity (Wildman–Crippen MR) is 124 cm³/mol. The lowest BCUT2D eigenvalue weighted by atomic mass is 9.80. The highest BCUT2D eigenvalue weighted by Crippen LogP contribution is 2.45. The summed E-state index contributed by atoms with van der Waals surface area (Å²) < 4.78 is 5.82. The molecule has 2 N–H and O–H groups in total. The van der Waals surface area contributed by atoms with Crippen molar-refractivity contribution in [3.63, 3.8) is 0 Å². The van der Waals surface area contributed by atoms with Crippen molar-refractivity contribution < 1.29 is 9.84 Å². The molecule has 2 atom stereocenters. The molecule has 2 aliphatic heterocycles. The van der Waals surface area contributed by atoms with Gasteiger partial charge in [0, 0.05) is 11.8 Å². The number of allylic oxidation sites excluding steroid dienone is 1. The van der Waals surface area contributed by atoms with Crippen molar-refractivity contribution in [3.05, 3.63) is 89.1 Å². The van der Waals surface area contributed by atoms with Gasteiger partial charge in [0.15, 0.2) is 0 Å². The van der Waals surface area contributed by atoms with Crippen molar-refractivity contribution in [2.45, 2.75) is 50.9 Å². The lowest BCUT2D eigenvalue weighted by Crippen LogP contribution is -2.31. The maximum absolute atomic E-state index is 11.1. The van der Waals surface area contributed by atoms with Crippen LogP contribution in [0.4, 0.5) is 0 Å². The highest BCUT2D eigenvalue weighted by molar-refractivity contribution is 5.73. The van der Waals surface area contributed by atoms with Gasteiger partial charge in [0.2, 0.25) is 0 Å². The van der Waals surface area contributed by atoms with Crippen LogP contribution in [0.1, 0.15) is 54.8 Å². The average Bonchev–Trinajstić information content (AvgIpc) is 3.40. The van der Waals surface area contributed by atoms with E-state index in [2.05, 4.69) is 58.9 Å². The zero-order valence-electron chi connectivity index (χ0n) is 18.0. The van der Waals surface area contributed by atoms with Crippen molar-refractivity contribution in [2.75, 3.05) is 13.3 Å². The minimum absolute atomic E-state index is 0.256. The van der Waals surface area contributed by atoms with Crippen LogP contribution >= 0.6 is 0 Å². The Bertz CT molecular complexity index is 943. The molecule has 2 aromatic carbocycles. The van der Waals surface area contributed by atoms with E-state index in [1.165, 1.54) is 28.0 Å². The predicted octanol–water partition coefficient (Wildman–Crippen LogP) is 4.99. The van der Waals surface area contributed by atoms with E-state index in [1.807, 2.05) is 18.2 Å². The molecule has 1 saturated carbocycles. The maximum atomic E-state index is 11.1. The SMILES string of the molecule is OC(CC1c2ccccc2C2=CNCN21)C1CCC(=CCOCc2ccccc2)CC1. The largest absolute Gasteiger partial charge is 0.393 e. The van der Waals surface area contributed by atoms with Gasteiger partial charge < -0.3 is 20.1 Å². The van der Waals surface area contributed by atoms with Crippen molar-refractivity contribution in [3.8, 4) is 0 Å². The Morgan fingerprint density at radius 3 is 2.68 bits per heavy atom. The van der Waals surface area contributed by atoms with E-state index in [-0.39, 0.29) is 12.1 Å². The summed E-state index contributed by atoms with van der Waals surface area (Å²) in [5, 5.41) is 14.4. The van der Waals surface area contributed by atoms with Crippen LogP contribution in [-0.4, -0.2) is 29.4 Å². The third-order valence-corrected chi connectivity index (χ3v) is 7.06. The first-order chi connectivity index (χ1) is 15.3. The molecule has 2 heterocycles. The minimum Gasteiger partial charge on any atom is -0.393 e. The smallest absolute Gasteiger partial charge is 0.0879 e. The van der Waals surface area contributed by atoms with E-state index in [0.717, 1.165) is 38.8 Å². The molecular weight excluding hydrogens is 384 g/mol. The summed E-state index contributed by atoms with van der Waals surface area (Å²) in [4.78, 5) is 2.41. The first-order valence-corrected chi connectivity index (χ1v) is 11.6. The Labute approximate surface area is 185 Å². The molecule has 5 rings (SSSR count). The second kappa shape index (κ2) is 9.29. The fourth-order valence-electron chi connectivity index (χ4n) is 5.31. The average molecular weight is 417 g/mol. The first-order valence-electron chi connectivity index (χ1n) is 11.6. The second-order valence-corrected chi connectivity index (χ2v) is 8.97. The number of benzene rings is 2. The number of aliphatic hydroxyl groups excluding tert-OH is 1. The number of ether oxygens (including phenoxy) is 1. The molecule has 2 aromatic rings. The van der Waals surface area contributed by atoms with Gasteiger partial charge >= 0.3 is 0 Å². The van der Waals surface area contributed by atoms with Gasteiger partial charge in [-0.15, -0.1) is 0 Å². The topological polar surface area (TPSA) is 44.7 Å². The summed E-state index contributed by atoms with van der Waals surface area (Å²) in [5.41, 5.74) is 6.65. The number of nitrogens with zero attached hydrogens (tertiary/aromatic N) is 1. The van der Waals surface area contributed by atoms with Crippen LogP contribution < -0.4 is 5.32 Å². The van der Waals surface area contributed by atoms with E-state index < -0.39 is 0 Å². The normalized spacial score (nSPS) is 23.1. The van der Waals surface area contributed by atoms with E-state index >= 15 is 0 Å². The number of fused-ring (bicyclic) bond motifs is 3. The minimum atomic E-state index is -0.256. The highest BCUT2D eigenvalue weighted by Gasteiger charge is 2.38. The number of aliphatic hydroxyl groups is 1. The molecule has 31 heavy (non-hydrogen) atoms. The highest BCUT2D eigenvalue weighted by atomic mass is 16.5. The Morgan fingerprint density at radius 1 is 1.06 bits per heavy atom. The van der Waals surface area contributed by atoms with Gasteiger partial charge in [0.05, 0.1) is 37.7 Å². The maximum Gasteiger partial charge on any atom is 0.0879 e. The Kier molecular flexibility index (Phi) is 6.10. The summed E-state index contributed by atoms with van der Waals surface area (Å²) in [6.07, 6.45) is 9.22. The summed E-state index contributed by atoms with van der Waals surface area (Å²) in [6, 6.07) is 19.2. The van der Waals surface area contributed by atoms with Crippen molar-refractivity contribution in [1.82, 2.24) is 10.2 Å². The summed E-state index contributed by atoms with van der Waals surface area (Å²) >= 11 is 0. The Hall–Kier alpha value is -2.56. The molecule has 0 amide bonds. The van der Waals surface area contributed by atoms with Gasteiger partial charge in [0.1, 0.15) is 0 Å². The molecule has 0 bridgehead atoms. The van der Waals surface area contributed by atoms with Gasteiger partial charge in [-0.25, -0.2) is 0 Å². The first kappa shape index (κ1) is 20.3. The fraction of sp³-hybridized carbons (Fsp3) is 0.407. The fourth-order valence-corrected chi connectivity index (χ4v) is 5.31. The zero-order chi connectivity index (χ0) is 21.0. The van der Waals surface area contributed by atoms with Crippen molar-refractivity contribution in [2.24, 2.45) is 5.92 Å². The summed E-state index contributed by atoms with van der Waals surface area (Å²) in [5.74, 6) is 0.387. The van der Waals surface area contributed by atoms with E-state index in [1.54, 1.807) is 0 Å². The molecule has 2 unspecified atom stereocenters. The molecule has 4 nitrogen and oxygen atoms in total. The number of rotatable bonds is 7. The second-order valence-electron chi connectivity index (χ2n) is 8.97. The van der Waals surface area contributed by atoms with Crippen LogP contribution in [-0.2, 0) is 11.3 Å². The van der Waals surface area contributed by atoms with Gasteiger partial charge in [-0.1, -0.05) is 66.2 Å². The molecule has 0 aromatic heterocycles. The van der Waals surface area contributed by atoms with Crippen molar-refractivity contribution >= 4 is 5.70 Å². The van der Waals surface area contributed by atoms with Crippen LogP contribution in [0.5, 0.6) is 0 Å². The van der Waals surface area contributed by atoms with Gasteiger partial charge in [-0.05, 0) is 49.1 Å². The molecule has 3 aliphatic rings. The molecule has 4 heteroatoms. The summed E-state index contributed by atoms with van der Waals surface area (Å²) in [6.45, 7) is 2.17. The molecule has 1 aliphatic carbocycles. The van der Waals surface area contributed by atoms with Gasteiger partial charge in [-0.3, -0.25) is 0 Å². The van der Waals surface area contributed by atoms with Crippen LogP contribution in [0.3, 0.4) is 0 Å². The van der Waals surface area contributed by atoms with Crippen molar-refractivity contribution in [1.29, 1.82) is 0 Å². The zero-order valence-corrected chi connectivity index (χ0v) is 18.0. The van der Waals surface area contributed by atoms with E-state index in [9.17, 15) is 5.11 Å². The molecule has 0 saturated heterocycles. The Morgan fingerprint density at radius 2 is 1.84 bits per heavy atom. The quantitative estimate of drug-likeness (QED) is 0.493. The molecule has 0 radical (unpaired) electrons. The number of hydrogen-bond acceptors (Lipinski definition) is 4. The van der Waals surface area contributed by atoms with Crippen LogP contribution in [0, 0.1) is 5.92 Å². The molecular formula is C27H32N2O2. The molecule has 1 fully saturated rings. The van der Waals surface area contributed by atoms with Gasteiger partial charge in [0.25, 0.3) is 0 Å². The van der Waals surface area contributed by atoms with E-state index in [4.69, 9.17) is 4.74 Å². The van der Waals surface area contributed by atoms with Gasteiger partial charge in [-0.2, -0.15) is 0 Å². The molecule has 162 valence electrons. The number of nitrogens with one attached hydrogen (secondary N) is 1. The summed E-state index contributed by atoms with van der Waals surface area (Å²) in [7, 11) is 0. The Balaban J connectivity index is 1.11. The standard InChI is InChI=1S/C27H32N2O2/c30-27(16-25-23-8-4-5-9-24(23)26-17-28-19-29(25)26)22-12-10-20(11-13-22)14-15-31-18-21-6-2-1-3-7-21/h1-9,14,17,22,25,27-28,30H,10-13,15-16,18-19H2. The van der Waals surface area contributed by atoms with E-state index in [0.29, 0.717) is 19.1 Å². The number of hydrogen-bond donors (Lipinski definition) is 2. The molecule has 0 spiro atoms. The van der Waals surface area contributed by atoms with Crippen LogP contribution in [0.25, 0.3) is 5.70 Å². The lowest BCUT2D eigenvalue weighted by Gasteiger charge is -2.32. The lowest BCUT2D eigenvalue weighted by molar-refractivity contribution is 0.0621. The third kappa shape index (κ3) is 4.41. The monoisotopic (exact) mass is 416 g/mol. The third-order valence-electron chi connectivity index (χ3n) is 7.06.